The van der Waals surface area contributed by atoms with Crippen LogP contribution in [0, 0.1) is 6.92 Å². The smallest absolute Gasteiger partial charge is 0.338 e. The predicted octanol–water partition coefficient (Wildman–Crippen LogP) is 2.03. The molecule has 0 bridgehead atoms. The number of hydrogen-bond donors (Lipinski definition) is 1. The number of carbonyl (C=O) groups excluding carboxylic acids is 1. The van der Waals surface area contributed by atoms with Crippen molar-refractivity contribution in [1.82, 2.24) is 0 Å². The molecule has 7 nitrogen and oxygen atoms in total. The Bertz CT molecular complexity index is 878. The van der Waals surface area contributed by atoms with E-state index in [0.717, 1.165) is 5.56 Å². The largest absolute Gasteiger partial charge is 0.453 e. The topological polar surface area (TPSA) is 99.1 Å². The van der Waals surface area contributed by atoms with Crippen LogP contribution in [-0.2, 0) is 23.8 Å². The van der Waals surface area contributed by atoms with Gasteiger partial charge in [0, 0.05) is 6.42 Å². The maximum atomic E-state index is 12.5. The first-order valence-corrected chi connectivity index (χ1v) is 9.81. The van der Waals surface area contributed by atoms with Gasteiger partial charge in [0.2, 0.25) is 0 Å². The molecule has 27 heavy (non-hydrogen) atoms. The molecule has 1 aliphatic heterocycles. The molecule has 0 spiro atoms. The number of esters is 1. The van der Waals surface area contributed by atoms with Crippen LogP contribution in [0.5, 0.6) is 0 Å². The summed E-state index contributed by atoms with van der Waals surface area (Å²) in [4.78, 5) is 12.3. The van der Waals surface area contributed by atoms with E-state index < -0.39 is 34.6 Å². The standard InChI is InChI=1S/C19H20O7S/c1-13-7-9-15(10-8-13)27(22,23)26-16-11-18(20)24-12-17(16)25-19(21)14-5-3-2-4-6-14/h2-10,16-18,20H,11-12H2,1H3/t16-,17-,18-/m1/s1. The van der Waals surface area contributed by atoms with Crippen LogP contribution in [0.4, 0.5) is 0 Å². The molecule has 0 unspecified atom stereocenters. The van der Waals surface area contributed by atoms with Gasteiger partial charge in [-0.1, -0.05) is 35.9 Å². The van der Waals surface area contributed by atoms with Crippen molar-refractivity contribution < 1.29 is 32.0 Å². The molecule has 1 N–H and O–H groups in total. The zero-order valence-corrected chi connectivity index (χ0v) is 15.5. The molecule has 3 rings (SSSR count). The first-order valence-electron chi connectivity index (χ1n) is 8.41. The van der Waals surface area contributed by atoms with Gasteiger partial charge in [0.15, 0.2) is 12.4 Å². The molecule has 2 aromatic rings. The van der Waals surface area contributed by atoms with Crippen LogP contribution < -0.4 is 0 Å². The summed E-state index contributed by atoms with van der Waals surface area (Å²) in [6, 6.07) is 14.5. The van der Waals surface area contributed by atoms with Gasteiger partial charge in [0.25, 0.3) is 10.1 Å². The Hall–Kier alpha value is -2.26. The number of aliphatic hydroxyl groups is 1. The minimum Gasteiger partial charge on any atom is -0.453 e. The van der Waals surface area contributed by atoms with Crippen molar-refractivity contribution in [3.8, 4) is 0 Å². The van der Waals surface area contributed by atoms with E-state index in [4.69, 9.17) is 13.7 Å². The molecular formula is C19H20O7S. The average molecular weight is 392 g/mol. The third-order valence-corrected chi connectivity index (χ3v) is 5.48. The Labute approximate surface area is 157 Å². The molecule has 0 aromatic heterocycles. The van der Waals surface area contributed by atoms with Gasteiger partial charge in [0.05, 0.1) is 17.1 Å². The Morgan fingerprint density at radius 2 is 1.74 bits per heavy atom. The van der Waals surface area contributed by atoms with Crippen LogP contribution in [-0.4, -0.2) is 44.6 Å². The van der Waals surface area contributed by atoms with Crippen LogP contribution in [0.1, 0.15) is 22.3 Å². The zero-order chi connectivity index (χ0) is 19.4. The number of rotatable bonds is 5. The van der Waals surface area contributed by atoms with Gasteiger partial charge in [0.1, 0.15) is 6.10 Å². The molecule has 2 aromatic carbocycles. The van der Waals surface area contributed by atoms with E-state index in [2.05, 4.69) is 0 Å². The average Bonchev–Trinajstić information content (AvgIpc) is 2.64. The van der Waals surface area contributed by atoms with E-state index in [1.54, 1.807) is 42.5 Å². The third kappa shape index (κ3) is 4.92. The fourth-order valence-electron chi connectivity index (χ4n) is 2.65. The van der Waals surface area contributed by atoms with Crippen molar-refractivity contribution >= 4 is 16.1 Å². The minimum absolute atomic E-state index is 0.0118. The Kier molecular flexibility index (Phi) is 5.91. The summed E-state index contributed by atoms with van der Waals surface area (Å²) in [5.74, 6) is -0.623. The highest BCUT2D eigenvalue weighted by Crippen LogP contribution is 2.24. The lowest BCUT2D eigenvalue weighted by Crippen LogP contribution is -2.46. The fourth-order valence-corrected chi connectivity index (χ4v) is 3.75. The highest BCUT2D eigenvalue weighted by molar-refractivity contribution is 7.86. The van der Waals surface area contributed by atoms with E-state index in [1.165, 1.54) is 12.1 Å². The van der Waals surface area contributed by atoms with Gasteiger partial charge in [-0.3, -0.25) is 4.18 Å². The Balaban J connectivity index is 1.76. The van der Waals surface area contributed by atoms with Gasteiger partial charge in [-0.05, 0) is 31.2 Å². The van der Waals surface area contributed by atoms with Crippen molar-refractivity contribution in [3.63, 3.8) is 0 Å². The molecule has 1 saturated heterocycles. The monoisotopic (exact) mass is 392 g/mol. The van der Waals surface area contributed by atoms with Gasteiger partial charge >= 0.3 is 5.97 Å². The highest BCUT2D eigenvalue weighted by atomic mass is 32.2. The van der Waals surface area contributed by atoms with E-state index in [0.29, 0.717) is 5.56 Å². The first kappa shape index (κ1) is 19.5. The molecule has 0 amide bonds. The molecule has 1 fully saturated rings. The molecule has 0 aliphatic carbocycles. The third-order valence-electron chi connectivity index (χ3n) is 4.13. The summed E-state index contributed by atoms with van der Waals surface area (Å²) in [6.45, 7) is 1.67. The van der Waals surface area contributed by atoms with E-state index in [-0.39, 0.29) is 17.9 Å². The molecule has 0 radical (unpaired) electrons. The Morgan fingerprint density at radius 3 is 2.41 bits per heavy atom. The molecule has 1 aliphatic rings. The Morgan fingerprint density at radius 1 is 1.07 bits per heavy atom. The van der Waals surface area contributed by atoms with Gasteiger partial charge in [-0.2, -0.15) is 8.42 Å². The van der Waals surface area contributed by atoms with Crippen LogP contribution >= 0.6 is 0 Å². The van der Waals surface area contributed by atoms with E-state index in [1.807, 2.05) is 6.92 Å². The minimum atomic E-state index is -4.09. The number of benzene rings is 2. The molecule has 0 saturated carbocycles. The second-order valence-electron chi connectivity index (χ2n) is 6.24. The van der Waals surface area contributed by atoms with Crippen molar-refractivity contribution in [1.29, 1.82) is 0 Å². The molecule has 8 heteroatoms. The van der Waals surface area contributed by atoms with Crippen LogP contribution in [0.3, 0.4) is 0 Å². The van der Waals surface area contributed by atoms with Crippen molar-refractivity contribution in [3.05, 3.63) is 65.7 Å². The van der Waals surface area contributed by atoms with E-state index >= 15 is 0 Å². The summed E-state index contributed by atoms with van der Waals surface area (Å²) in [6.07, 6.45) is -3.37. The molecule has 3 atom stereocenters. The lowest BCUT2D eigenvalue weighted by molar-refractivity contribution is -0.188. The van der Waals surface area contributed by atoms with Crippen LogP contribution in [0.2, 0.25) is 0 Å². The van der Waals surface area contributed by atoms with E-state index in [9.17, 15) is 18.3 Å². The molecule has 1 heterocycles. The quantitative estimate of drug-likeness (QED) is 0.614. The summed E-state index contributed by atoms with van der Waals surface area (Å²) < 4.78 is 40.8. The van der Waals surface area contributed by atoms with Gasteiger partial charge in [-0.15, -0.1) is 0 Å². The normalized spacial score (nSPS) is 23.0. The maximum Gasteiger partial charge on any atom is 0.338 e. The summed E-state index contributed by atoms with van der Waals surface area (Å²) in [7, 11) is -4.09. The zero-order valence-electron chi connectivity index (χ0n) is 14.6. The number of ether oxygens (including phenoxy) is 2. The summed E-state index contributed by atoms with van der Waals surface area (Å²) >= 11 is 0. The lowest BCUT2D eigenvalue weighted by Gasteiger charge is -2.32. The summed E-state index contributed by atoms with van der Waals surface area (Å²) in [5.41, 5.74) is 1.23. The summed E-state index contributed by atoms with van der Waals surface area (Å²) in [5, 5.41) is 9.71. The number of carbonyl (C=O) groups is 1. The van der Waals surface area contributed by atoms with Gasteiger partial charge < -0.3 is 14.6 Å². The van der Waals surface area contributed by atoms with Crippen molar-refractivity contribution in [2.45, 2.75) is 36.7 Å². The number of aliphatic hydroxyl groups excluding tert-OH is 1. The highest BCUT2D eigenvalue weighted by Gasteiger charge is 2.37. The van der Waals surface area contributed by atoms with Crippen molar-refractivity contribution in [2.24, 2.45) is 0 Å². The first-order chi connectivity index (χ1) is 12.8. The number of aryl methyl sites for hydroxylation is 1. The predicted molar refractivity (Wildman–Crippen MR) is 95.5 cm³/mol. The van der Waals surface area contributed by atoms with Crippen LogP contribution in [0.15, 0.2) is 59.5 Å². The fraction of sp³-hybridized carbons (Fsp3) is 0.316. The van der Waals surface area contributed by atoms with Crippen LogP contribution in [0.25, 0.3) is 0 Å². The molecular weight excluding hydrogens is 372 g/mol. The lowest BCUT2D eigenvalue weighted by atomic mass is 10.1. The van der Waals surface area contributed by atoms with Crippen molar-refractivity contribution in [2.75, 3.05) is 6.61 Å². The molecule has 144 valence electrons. The SMILES string of the molecule is Cc1ccc(S(=O)(=O)O[C@@H]2C[C@H](O)OC[C@H]2OC(=O)c2ccccc2)cc1. The maximum absolute atomic E-state index is 12.5. The second kappa shape index (κ2) is 8.18. The number of hydrogen-bond acceptors (Lipinski definition) is 7. The van der Waals surface area contributed by atoms with Gasteiger partial charge in [-0.25, -0.2) is 4.79 Å². The second-order valence-corrected chi connectivity index (χ2v) is 7.81.